The Bertz CT molecular complexity index is 398. The van der Waals surface area contributed by atoms with Gasteiger partial charge in [0.15, 0.2) is 0 Å². The van der Waals surface area contributed by atoms with Crippen molar-refractivity contribution in [1.29, 1.82) is 0 Å². The predicted molar refractivity (Wildman–Crippen MR) is 79.9 cm³/mol. The molecule has 94 valence electrons. The number of nitrogens with two attached hydrogens (primary N) is 1. The number of halogens is 2. The Morgan fingerprint density at radius 3 is 2.88 bits per heavy atom. The molecule has 1 aromatic rings. The quantitative estimate of drug-likeness (QED) is 0.180. The van der Waals surface area contributed by atoms with E-state index in [0.717, 1.165) is 33.7 Å². The molecule has 4 nitrogen and oxygen atoms in total. The van der Waals surface area contributed by atoms with Crippen LogP contribution < -0.4 is 11.1 Å². The molecule has 0 fully saturated rings. The molecule has 0 saturated carbocycles. The largest absolute Gasteiger partial charge is 0.409 e. The molecule has 1 rings (SSSR count). The molecule has 0 saturated heterocycles. The fourth-order valence-corrected chi connectivity index (χ4v) is 2.40. The van der Waals surface area contributed by atoms with Crippen LogP contribution >= 0.6 is 34.2 Å². The molecule has 0 spiro atoms. The van der Waals surface area contributed by atoms with Crippen LogP contribution in [0, 0.1) is 3.57 Å². The van der Waals surface area contributed by atoms with Crippen molar-refractivity contribution in [2.24, 2.45) is 10.9 Å². The fraction of sp³-hybridized carbons (Fsp3) is 0.364. The Balaban J connectivity index is 2.27. The van der Waals surface area contributed by atoms with Crippen molar-refractivity contribution in [3.8, 4) is 0 Å². The van der Waals surface area contributed by atoms with Crippen LogP contribution in [-0.4, -0.2) is 17.6 Å². The summed E-state index contributed by atoms with van der Waals surface area (Å²) in [7, 11) is 0. The Hall–Kier alpha value is -0.690. The second-order valence-electron chi connectivity index (χ2n) is 3.60. The van der Waals surface area contributed by atoms with E-state index < -0.39 is 0 Å². The highest BCUT2D eigenvalue weighted by Gasteiger charge is 2.00. The molecule has 0 atom stereocenters. The third-order valence-electron chi connectivity index (χ3n) is 2.23. The zero-order valence-electron chi connectivity index (χ0n) is 9.29. The van der Waals surface area contributed by atoms with Gasteiger partial charge in [-0.15, -0.1) is 0 Å². The Labute approximate surface area is 119 Å². The van der Waals surface area contributed by atoms with E-state index in [1.165, 1.54) is 0 Å². The van der Waals surface area contributed by atoms with Crippen molar-refractivity contribution in [3.05, 3.63) is 26.8 Å². The van der Waals surface area contributed by atoms with Gasteiger partial charge in [-0.1, -0.05) is 16.8 Å². The van der Waals surface area contributed by atoms with Crippen molar-refractivity contribution in [2.75, 3.05) is 11.9 Å². The fourth-order valence-electron chi connectivity index (χ4n) is 1.34. The summed E-state index contributed by atoms with van der Waals surface area (Å²) in [4.78, 5) is 0. The summed E-state index contributed by atoms with van der Waals surface area (Å²) in [5.74, 6) is 0.283. The van der Waals surface area contributed by atoms with Crippen LogP contribution in [0.3, 0.4) is 0 Å². The summed E-state index contributed by atoms with van der Waals surface area (Å²) in [5.41, 5.74) is 6.45. The van der Waals surface area contributed by atoms with Gasteiger partial charge in [-0.05, 0) is 53.6 Å². The molecular formula is C11H15ClIN3O. The molecule has 6 heteroatoms. The molecular weight excluding hydrogens is 352 g/mol. The molecule has 0 bridgehead atoms. The minimum absolute atomic E-state index is 0.283. The van der Waals surface area contributed by atoms with Crippen molar-refractivity contribution < 1.29 is 5.21 Å². The van der Waals surface area contributed by atoms with Gasteiger partial charge in [0.1, 0.15) is 5.84 Å². The molecule has 0 amide bonds. The number of rotatable bonds is 6. The van der Waals surface area contributed by atoms with Gasteiger partial charge in [0.25, 0.3) is 0 Å². The van der Waals surface area contributed by atoms with Gasteiger partial charge >= 0.3 is 0 Å². The van der Waals surface area contributed by atoms with E-state index in [2.05, 4.69) is 33.1 Å². The Morgan fingerprint density at radius 2 is 2.24 bits per heavy atom. The van der Waals surface area contributed by atoms with E-state index in [4.69, 9.17) is 22.5 Å². The van der Waals surface area contributed by atoms with Crippen LogP contribution in [0.5, 0.6) is 0 Å². The third kappa shape index (κ3) is 5.45. The second-order valence-corrected chi connectivity index (χ2v) is 5.20. The van der Waals surface area contributed by atoms with Crippen LogP contribution in [0.2, 0.25) is 5.02 Å². The topological polar surface area (TPSA) is 70.6 Å². The molecule has 0 aromatic heterocycles. The first-order chi connectivity index (χ1) is 8.13. The van der Waals surface area contributed by atoms with Crippen LogP contribution in [0.15, 0.2) is 23.4 Å². The molecule has 1 aromatic carbocycles. The van der Waals surface area contributed by atoms with Crippen LogP contribution in [0.1, 0.15) is 19.3 Å². The zero-order chi connectivity index (χ0) is 12.7. The minimum Gasteiger partial charge on any atom is -0.409 e. The Kier molecular flexibility index (Phi) is 6.43. The van der Waals surface area contributed by atoms with Crippen molar-refractivity contribution in [3.63, 3.8) is 0 Å². The predicted octanol–water partition coefficient (Wildman–Crippen LogP) is 3.27. The van der Waals surface area contributed by atoms with Gasteiger partial charge in [0.05, 0.1) is 0 Å². The summed E-state index contributed by atoms with van der Waals surface area (Å²) in [5, 5.41) is 15.4. The van der Waals surface area contributed by atoms with Crippen LogP contribution in [0.25, 0.3) is 0 Å². The highest BCUT2D eigenvalue weighted by molar-refractivity contribution is 14.1. The lowest BCUT2D eigenvalue weighted by Crippen LogP contribution is -2.12. The van der Waals surface area contributed by atoms with Crippen LogP contribution in [-0.2, 0) is 0 Å². The number of nitrogens with one attached hydrogen (secondary N) is 1. The first-order valence-corrected chi connectivity index (χ1v) is 6.74. The summed E-state index contributed by atoms with van der Waals surface area (Å²) >= 11 is 8.11. The molecule has 0 aliphatic rings. The maximum Gasteiger partial charge on any atom is 0.139 e. The van der Waals surface area contributed by atoms with E-state index >= 15 is 0 Å². The third-order valence-corrected chi connectivity index (χ3v) is 3.36. The summed E-state index contributed by atoms with van der Waals surface area (Å²) < 4.78 is 1.10. The van der Waals surface area contributed by atoms with E-state index in [0.29, 0.717) is 6.42 Å². The first-order valence-electron chi connectivity index (χ1n) is 5.29. The van der Waals surface area contributed by atoms with Gasteiger partial charge in [-0.25, -0.2) is 0 Å². The molecule has 4 N–H and O–H groups in total. The van der Waals surface area contributed by atoms with Gasteiger partial charge in [-0.2, -0.15) is 0 Å². The summed E-state index contributed by atoms with van der Waals surface area (Å²) in [6.45, 7) is 0.857. The number of oxime groups is 1. The smallest absolute Gasteiger partial charge is 0.139 e. The van der Waals surface area contributed by atoms with Gasteiger partial charge in [-0.3, -0.25) is 0 Å². The van der Waals surface area contributed by atoms with E-state index in [1.54, 1.807) is 0 Å². The maximum absolute atomic E-state index is 8.37. The van der Waals surface area contributed by atoms with E-state index in [-0.39, 0.29) is 5.84 Å². The molecule has 0 heterocycles. The van der Waals surface area contributed by atoms with Crippen molar-refractivity contribution >= 4 is 45.7 Å². The normalized spacial score (nSPS) is 11.5. The van der Waals surface area contributed by atoms with Crippen molar-refractivity contribution in [2.45, 2.75) is 19.3 Å². The maximum atomic E-state index is 8.37. The summed E-state index contributed by atoms with van der Waals surface area (Å²) in [6, 6.07) is 5.75. The Morgan fingerprint density at radius 1 is 1.47 bits per heavy atom. The number of anilines is 1. The number of hydrogen-bond acceptors (Lipinski definition) is 3. The highest BCUT2D eigenvalue weighted by Crippen LogP contribution is 2.22. The molecule has 0 radical (unpaired) electrons. The summed E-state index contributed by atoms with van der Waals surface area (Å²) in [6.07, 6.45) is 2.48. The lowest BCUT2D eigenvalue weighted by molar-refractivity contribution is 0.316. The number of benzene rings is 1. The van der Waals surface area contributed by atoms with Crippen molar-refractivity contribution in [1.82, 2.24) is 0 Å². The monoisotopic (exact) mass is 367 g/mol. The SMILES string of the molecule is N/C(CCCCNc1ccc(Cl)cc1I)=N/O. The molecule has 0 unspecified atom stereocenters. The van der Waals surface area contributed by atoms with Gasteiger partial charge in [0, 0.05) is 27.2 Å². The zero-order valence-corrected chi connectivity index (χ0v) is 12.2. The van der Waals surface area contributed by atoms with Gasteiger partial charge < -0.3 is 16.3 Å². The van der Waals surface area contributed by atoms with Crippen LogP contribution in [0.4, 0.5) is 5.69 Å². The average Bonchev–Trinajstić information content (AvgIpc) is 2.30. The lowest BCUT2D eigenvalue weighted by atomic mass is 10.2. The number of unbranched alkanes of at least 4 members (excludes halogenated alkanes) is 1. The van der Waals surface area contributed by atoms with E-state index in [1.807, 2.05) is 18.2 Å². The highest BCUT2D eigenvalue weighted by atomic mass is 127. The number of amidine groups is 1. The molecule has 0 aliphatic heterocycles. The standard InChI is InChI=1S/C11H15ClIN3O/c12-8-4-5-10(9(13)7-8)15-6-2-1-3-11(14)16-17/h4-5,7,15,17H,1-3,6H2,(H2,14,16). The number of nitrogens with zero attached hydrogens (tertiary/aromatic N) is 1. The molecule has 17 heavy (non-hydrogen) atoms. The average molecular weight is 368 g/mol. The number of hydrogen-bond donors (Lipinski definition) is 3. The lowest BCUT2D eigenvalue weighted by Gasteiger charge is -2.08. The van der Waals surface area contributed by atoms with E-state index in [9.17, 15) is 0 Å². The molecule has 0 aliphatic carbocycles. The first kappa shape index (κ1) is 14.4. The minimum atomic E-state index is 0.283. The van der Waals surface area contributed by atoms with Gasteiger partial charge in [0.2, 0.25) is 0 Å². The second kappa shape index (κ2) is 7.60.